The number of hydrogen-bond donors (Lipinski definition) is 1. The zero-order valence-corrected chi connectivity index (χ0v) is 18.8. The van der Waals surface area contributed by atoms with E-state index in [1.807, 2.05) is 0 Å². The van der Waals surface area contributed by atoms with Gasteiger partial charge in [-0.05, 0) is 72.8 Å². The fourth-order valence-electron chi connectivity index (χ4n) is 3.42. The number of amides is 3. The summed E-state index contributed by atoms with van der Waals surface area (Å²) < 4.78 is 17.7. The van der Waals surface area contributed by atoms with E-state index in [2.05, 4.69) is 10.1 Å². The van der Waals surface area contributed by atoms with Crippen LogP contribution < -0.4 is 10.2 Å². The SMILES string of the molecule is COC(=O)c1ccc(N2C(=O)CC(Sc3ccc(NC(=O)c4ccc(F)cc4)cc3)C2=O)cc1. The van der Waals surface area contributed by atoms with Gasteiger partial charge in [0.15, 0.2) is 0 Å². The van der Waals surface area contributed by atoms with Crippen LogP contribution in [0, 0.1) is 5.82 Å². The molecule has 1 heterocycles. The highest BCUT2D eigenvalue weighted by molar-refractivity contribution is 8.00. The minimum absolute atomic E-state index is 0.0469. The molecule has 1 unspecified atom stereocenters. The first-order valence-electron chi connectivity index (χ1n) is 10.2. The Morgan fingerprint density at radius 3 is 2.18 bits per heavy atom. The summed E-state index contributed by atoms with van der Waals surface area (Å²) in [6, 6.07) is 18.2. The van der Waals surface area contributed by atoms with Crippen LogP contribution in [0.15, 0.2) is 77.7 Å². The van der Waals surface area contributed by atoms with Gasteiger partial charge in [0.25, 0.3) is 5.91 Å². The van der Waals surface area contributed by atoms with Crippen LogP contribution in [-0.2, 0) is 14.3 Å². The lowest BCUT2D eigenvalue weighted by molar-refractivity contribution is -0.121. The Morgan fingerprint density at radius 1 is 0.941 bits per heavy atom. The molecule has 3 aromatic carbocycles. The first-order chi connectivity index (χ1) is 16.4. The first-order valence-corrected chi connectivity index (χ1v) is 11.1. The molecule has 0 spiro atoms. The van der Waals surface area contributed by atoms with E-state index in [4.69, 9.17) is 0 Å². The maximum Gasteiger partial charge on any atom is 0.337 e. The summed E-state index contributed by atoms with van der Waals surface area (Å²) in [7, 11) is 1.28. The molecule has 0 aliphatic carbocycles. The summed E-state index contributed by atoms with van der Waals surface area (Å²) in [6.07, 6.45) is 0.0469. The molecule has 1 saturated heterocycles. The molecule has 1 aliphatic rings. The molecule has 1 aliphatic heterocycles. The van der Waals surface area contributed by atoms with Crippen molar-refractivity contribution in [2.45, 2.75) is 16.6 Å². The molecular formula is C25H19FN2O5S. The van der Waals surface area contributed by atoms with Crippen molar-refractivity contribution in [3.05, 3.63) is 89.7 Å². The Labute approximate surface area is 198 Å². The minimum atomic E-state index is -0.590. The van der Waals surface area contributed by atoms with Crippen molar-refractivity contribution in [1.29, 1.82) is 0 Å². The van der Waals surface area contributed by atoms with Crippen molar-refractivity contribution < 1.29 is 28.3 Å². The molecule has 3 amide bonds. The molecule has 0 aromatic heterocycles. The largest absolute Gasteiger partial charge is 0.465 e. The van der Waals surface area contributed by atoms with Crippen LogP contribution in [0.25, 0.3) is 0 Å². The third-order valence-electron chi connectivity index (χ3n) is 5.15. The summed E-state index contributed by atoms with van der Waals surface area (Å²) in [5, 5.41) is 2.14. The number of methoxy groups -OCH3 is 1. The van der Waals surface area contributed by atoms with Crippen molar-refractivity contribution in [2.24, 2.45) is 0 Å². The zero-order valence-electron chi connectivity index (χ0n) is 18.0. The maximum atomic E-state index is 13.0. The van der Waals surface area contributed by atoms with Gasteiger partial charge in [0.2, 0.25) is 11.8 Å². The summed E-state index contributed by atoms with van der Waals surface area (Å²) in [5.41, 5.74) is 1.59. The molecule has 3 aromatic rings. The standard InChI is InChI=1S/C25H19FN2O5S/c1-33-25(32)16-4-10-19(11-5-16)28-22(29)14-21(24(28)31)34-20-12-8-18(9-13-20)27-23(30)15-2-6-17(26)7-3-15/h2-13,21H,14H2,1H3,(H,27,30). The van der Waals surface area contributed by atoms with Gasteiger partial charge in [0, 0.05) is 22.6 Å². The van der Waals surface area contributed by atoms with E-state index >= 15 is 0 Å². The van der Waals surface area contributed by atoms with Crippen LogP contribution in [0.1, 0.15) is 27.1 Å². The highest BCUT2D eigenvalue weighted by atomic mass is 32.2. The molecule has 0 saturated carbocycles. The maximum absolute atomic E-state index is 13.0. The van der Waals surface area contributed by atoms with Crippen LogP contribution in [-0.4, -0.2) is 36.1 Å². The van der Waals surface area contributed by atoms with E-state index in [-0.39, 0.29) is 24.1 Å². The van der Waals surface area contributed by atoms with Gasteiger partial charge in [-0.25, -0.2) is 14.1 Å². The second-order valence-corrected chi connectivity index (χ2v) is 8.68. The number of halogens is 1. The van der Waals surface area contributed by atoms with E-state index < -0.39 is 17.0 Å². The van der Waals surface area contributed by atoms with Crippen molar-refractivity contribution >= 4 is 46.8 Å². The molecule has 0 bridgehead atoms. The fraction of sp³-hybridized carbons (Fsp3) is 0.120. The molecule has 4 rings (SSSR count). The molecule has 1 fully saturated rings. The third kappa shape index (κ3) is 4.99. The van der Waals surface area contributed by atoms with Gasteiger partial charge in [-0.1, -0.05) is 0 Å². The third-order valence-corrected chi connectivity index (χ3v) is 6.35. The average molecular weight is 479 g/mol. The van der Waals surface area contributed by atoms with E-state index in [1.165, 1.54) is 67.4 Å². The molecule has 0 radical (unpaired) electrons. The number of carbonyl (C=O) groups is 4. The molecular weight excluding hydrogens is 459 g/mol. The number of hydrogen-bond acceptors (Lipinski definition) is 6. The Morgan fingerprint density at radius 2 is 1.56 bits per heavy atom. The number of imide groups is 1. The Bertz CT molecular complexity index is 1240. The number of nitrogens with zero attached hydrogens (tertiary/aromatic N) is 1. The predicted molar refractivity (Wildman–Crippen MR) is 125 cm³/mol. The second-order valence-electron chi connectivity index (χ2n) is 7.40. The van der Waals surface area contributed by atoms with Crippen molar-refractivity contribution in [3.63, 3.8) is 0 Å². The summed E-state index contributed by atoms with van der Waals surface area (Å²) in [5.74, 6) is -1.96. The Hall–Kier alpha value is -3.98. The monoisotopic (exact) mass is 478 g/mol. The number of anilines is 2. The molecule has 1 N–H and O–H groups in total. The topological polar surface area (TPSA) is 92.8 Å². The lowest BCUT2D eigenvalue weighted by atomic mass is 10.2. The second kappa shape index (κ2) is 9.88. The molecule has 34 heavy (non-hydrogen) atoms. The highest BCUT2D eigenvalue weighted by Gasteiger charge is 2.40. The molecule has 9 heteroatoms. The van der Waals surface area contributed by atoms with Crippen LogP contribution in [0.5, 0.6) is 0 Å². The number of esters is 1. The quantitative estimate of drug-likeness (QED) is 0.420. The normalized spacial score (nSPS) is 15.4. The van der Waals surface area contributed by atoms with Crippen molar-refractivity contribution in [1.82, 2.24) is 0 Å². The molecule has 1 atom stereocenters. The smallest absolute Gasteiger partial charge is 0.337 e. The number of rotatable bonds is 6. The van der Waals surface area contributed by atoms with E-state index in [9.17, 15) is 23.6 Å². The number of thioether (sulfide) groups is 1. The van der Waals surface area contributed by atoms with Crippen LogP contribution >= 0.6 is 11.8 Å². The van der Waals surface area contributed by atoms with Crippen LogP contribution in [0.3, 0.4) is 0 Å². The lowest BCUT2D eigenvalue weighted by Gasteiger charge is -2.15. The molecule has 172 valence electrons. The lowest BCUT2D eigenvalue weighted by Crippen LogP contribution is -2.31. The van der Waals surface area contributed by atoms with Gasteiger partial charge < -0.3 is 10.1 Å². The van der Waals surface area contributed by atoms with Crippen LogP contribution in [0.2, 0.25) is 0 Å². The summed E-state index contributed by atoms with van der Waals surface area (Å²) >= 11 is 1.26. The van der Waals surface area contributed by atoms with E-state index in [1.54, 1.807) is 24.3 Å². The van der Waals surface area contributed by atoms with Gasteiger partial charge in [0.1, 0.15) is 5.82 Å². The van der Waals surface area contributed by atoms with Gasteiger partial charge in [-0.15, -0.1) is 11.8 Å². The number of carbonyl (C=O) groups excluding carboxylic acids is 4. The number of benzene rings is 3. The Balaban J connectivity index is 1.39. The first kappa shape index (κ1) is 23.2. The Kier molecular flexibility index (Phi) is 6.74. The van der Waals surface area contributed by atoms with Crippen LogP contribution in [0.4, 0.5) is 15.8 Å². The van der Waals surface area contributed by atoms with Gasteiger partial charge in [-0.2, -0.15) is 0 Å². The number of ether oxygens (including phenoxy) is 1. The van der Waals surface area contributed by atoms with Crippen molar-refractivity contribution in [2.75, 3.05) is 17.3 Å². The van der Waals surface area contributed by atoms with E-state index in [0.29, 0.717) is 22.5 Å². The van der Waals surface area contributed by atoms with Gasteiger partial charge in [0.05, 0.1) is 23.6 Å². The summed E-state index contributed by atoms with van der Waals surface area (Å²) in [6.45, 7) is 0. The summed E-state index contributed by atoms with van der Waals surface area (Å²) in [4.78, 5) is 51.1. The minimum Gasteiger partial charge on any atom is -0.465 e. The highest BCUT2D eigenvalue weighted by Crippen LogP contribution is 2.34. The van der Waals surface area contributed by atoms with Crippen molar-refractivity contribution in [3.8, 4) is 0 Å². The van der Waals surface area contributed by atoms with E-state index in [0.717, 1.165) is 9.80 Å². The predicted octanol–water partition coefficient (Wildman–Crippen LogP) is 4.29. The number of nitrogens with one attached hydrogen (secondary N) is 1. The fourth-order valence-corrected chi connectivity index (χ4v) is 4.47. The van der Waals surface area contributed by atoms with Gasteiger partial charge in [-0.3, -0.25) is 14.4 Å². The van der Waals surface area contributed by atoms with Gasteiger partial charge >= 0.3 is 5.97 Å². The molecule has 7 nitrogen and oxygen atoms in total. The zero-order chi connectivity index (χ0) is 24.2. The average Bonchev–Trinajstić information content (AvgIpc) is 3.12.